The van der Waals surface area contributed by atoms with Crippen molar-refractivity contribution in [2.45, 2.75) is 26.9 Å². The summed E-state index contributed by atoms with van der Waals surface area (Å²) in [5, 5.41) is 1.30. The van der Waals surface area contributed by atoms with Crippen LogP contribution in [0.5, 0.6) is 0 Å². The Bertz CT molecular complexity index is 1370. The molecule has 1 aliphatic rings. The smallest absolute Gasteiger partial charge is 0.293 e. The van der Waals surface area contributed by atoms with E-state index in [-0.39, 0.29) is 30.1 Å². The summed E-state index contributed by atoms with van der Waals surface area (Å²) in [6.07, 6.45) is 3.57. The third-order valence-electron chi connectivity index (χ3n) is 5.78. The summed E-state index contributed by atoms with van der Waals surface area (Å²) in [6.45, 7) is 5.46. The van der Waals surface area contributed by atoms with Gasteiger partial charge in [0.25, 0.3) is 11.1 Å². The molecule has 2 aromatic carbocycles. The molecule has 1 aromatic heterocycles. The first-order chi connectivity index (χ1) is 16.7. The molecule has 1 fully saturated rings. The third-order valence-corrected chi connectivity index (χ3v) is 7.92. The molecule has 0 aliphatic carbocycles. The number of rotatable bonds is 7. The van der Waals surface area contributed by atoms with Crippen molar-refractivity contribution in [2.24, 2.45) is 0 Å². The summed E-state index contributed by atoms with van der Waals surface area (Å²) < 4.78 is 2.76. The largest absolute Gasteiger partial charge is 0.342 e. The Kier molecular flexibility index (Phi) is 7.96. The molecule has 0 bridgehead atoms. The monoisotopic (exact) mass is 593 g/mol. The summed E-state index contributed by atoms with van der Waals surface area (Å²) in [4.78, 5) is 41.8. The van der Waals surface area contributed by atoms with Crippen molar-refractivity contribution in [3.05, 3.63) is 73.1 Å². The molecule has 3 aromatic rings. The first-order valence-electron chi connectivity index (χ1n) is 11.0. The van der Waals surface area contributed by atoms with Gasteiger partial charge in [-0.25, -0.2) is 0 Å². The van der Waals surface area contributed by atoms with E-state index in [4.69, 9.17) is 23.2 Å². The van der Waals surface area contributed by atoms with Crippen LogP contribution in [0.15, 0.2) is 52.0 Å². The summed E-state index contributed by atoms with van der Waals surface area (Å²) >= 11 is 16.5. The second-order valence-electron chi connectivity index (χ2n) is 7.96. The molecule has 2 heterocycles. The van der Waals surface area contributed by atoms with Gasteiger partial charge in [-0.2, -0.15) is 0 Å². The molecule has 0 unspecified atom stereocenters. The van der Waals surface area contributed by atoms with Gasteiger partial charge in [-0.1, -0.05) is 45.2 Å². The molecule has 0 radical (unpaired) electrons. The minimum atomic E-state index is -0.374. The zero-order valence-electron chi connectivity index (χ0n) is 19.1. The van der Waals surface area contributed by atoms with Crippen LogP contribution in [-0.2, 0) is 22.7 Å². The van der Waals surface area contributed by atoms with E-state index in [1.165, 1.54) is 4.90 Å². The molecule has 0 saturated carbocycles. The molecule has 35 heavy (non-hydrogen) atoms. The Labute approximate surface area is 226 Å². The highest BCUT2D eigenvalue weighted by Crippen LogP contribution is 2.36. The first kappa shape index (κ1) is 25.8. The Morgan fingerprint density at radius 1 is 1.09 bits per heavy atom. The molecule has 182 valence electrons. The minimum absolute atomic E-state index is 0.0170. The highest BCUT2D eigenvalue weighted by molar-refractivity contribution is 9.10. The van der Waals surface area contributed by atoms with E-state index in [1.54, 1.807) is 29.2 Å². The van der Waals surface area contributed by atoms with Crippen LogP contribution in [0.2, 0.25) is 10.0 Å². The van der Waals surface area contributed by atoms with E-state index in [1.807, 2.05) is 42.8 Å². The molecular weight excluding hydrogens is 573 g/mol. The Morgan fingerprint density at radius 3 is 2.51 bits per heavy atom. The summed E-state index contributed by atoms with van der Waals surface area (Å²) in [6, 6.07) is 10.8. The van der Waals surface area contributed by atoms with Crippen LogP contribution in [0.4, 0.5) is 4.79 Å². The normalized spacial score (nSPS) is 15.0. The Balaban J connectivity index is 1.65. The van der Waals surface area contributed by atoms with Crippen molar-refractivity contribution in [3.63, 3.8) is 0 Å². The highest BCUT2D eigenvalue weighted by atomic mass is 79.9. The van der Waals surface area contributed by atoms with Gasteiger partial charge in [0, 0.05) is 40.2 Å². The van der Waals surface area contributed by atoms with Crippen LogP contribution in [-0.4, -0.2) is 44.5 Å². The van der Waals surface area contributed by atoms with Crippen LogP contribution >= 0.6 is 50.9 Å². The van der Waals surface area contributed by atoms with Gasteiger partial charge in [0.15, 0.2) is 0 Å². The van der Waals surface area contributed by atoms with Gasteiger partial charge in [-0.3, -0.25) is 19.3 Å². The van der Waals surface area contributed by atoms with Gasteiger partial charge in [-0.15, -0.1) is 0 Å². The number of hydrogen-bond donors (Lipinski definition) is 0. The van der Waals surface area contributed by atoms with Crippen LogP contribution in [0.25, 0.3) is 17.0 Å². The van der Waals surface area contributed by atoms with Gasteiger partial charge in [0.05, 0.1) is 21.5 Å². The fourth-order valence-corrected chi connectivity index (χ4v) is 5.47. The number of thioether (sulfide) groups is 1. The van der Waals surface area contributed by atoms with E-state index < -0.39 is 0 Å². The number of halogens is 3. The number of benzene rings is 2. The first-order valence-corrected chi connectivity index (χ1v) is 13.3. The van der Waals surface area contributed by atoms with Gasteiger partial charge in [-0.05, 0) is 67.6 Å². The van der Waals surface area contributed by atoms with Crippen molar-refractivity contribution in [1.29, 1.82) is 0 Å². The number of carbonyl (C=O) groups is 3. The lowest BCUT2D eigenvalue weighted by atomic mass is 10.1. The van der Waals surface area contributed by atoms with Crippen LogP contribution in [0.3, 0.4) is 0 Å². The molecule has 0 spiro atoms. The maximum Gasteiger partial charge on any atom is 0.293 e. The molecule has 0 atom stereocenters. The lowest BCUT2D eigenvalue weighted by molar-refractivity contribution is -0.131. The lowest BCUT2D eigenvalue weighted by Crippen LogP contribution is -2.33. The number of nitrogens with zero attached hydrogens (tertiary/aromatic N) is 3. The van der Waals surface area contributed by atoms with E-state index in [0.717, 1.165) is 32.7 Å². The van der Waals surface area contributed by atoms with E-state index in [0.29, 0.717) is 33.6 Å². The van der Waals surface area contributed by atoms with Crippen LogP contribution in [0.1, 0.15) is 25.0 Å². The summed E-state index contributed by atoms with van der Waals surface area (Å²) in [5.74, 6) is -0.357. The topological polar surface area (TPSA) is 62.6 Å². The zero-order valence-corrected chi connectivity index (χ0v) is 23.0. The fourth-order valence-electron chi connectivity index (χ4n) is 3.96. The van der Waals surface area contributed by atoms with Crippen LogP contribution < -0.4 is 0 Å². The quantitative estimate of drug-likeness (QED) is 0.282. The number of fused-ring (bicyclic) bond motifs is 1. The molecule has 10 heteroatoms. The average molecular weight is 595 g/mol. The fraction of sp³-hybridized carbons (Fsp3) is 0.240. The van der Waals surface area contributed by atoms with Gasteiger partial charge < -0.3 is 9.47 Å². The number of likely N-dealkylation sites (N-methyl/N-ethyl adjacent to an activating group) is 1. The molecule has 1 saturated heterocycles. The Morgan fingerprint density at radius 2 is 1.83 bits per heavy atom. The number of hydrogen-bond acceptors (Lipinski definition) is 4. The lowest BCUT2D eigenvalue weighted by Gasteiger charge is -2.19. The second kappa shape index (κ2) is 10.8. The van der Waals surface area contributed by atoms with Crippen molar-refractivity contribution < 1.29 is 14.4 Å². The maximum absolute atomic E-state index is 13.1. The van der Waals surface area contributed by atoms with Crippen LogP contribution in [0, 0.1) is 0 Å². The van der Waals surface area contributed by atoms with Crippen molar-refractivity contribution in [2.75, 3.05) is 13.1 Å². The molecular formula is C25H22BrCl2N3O3S. The predicted octanol–water partition coefficient (Wildman–Crippen LogP) is 6.82. The van der Waals surface area contributed by atoms with E-state index in [2.05, 4.69) is 15.9 Å². The van der Waals surface area contributed by atoms with E-state index in [9.17, 15) is 14.4 Å². The molecule has 4 rings (SSSR count). The zero-order chi connectivity index (χ0) is 25.3. The number of aromatic nitrogens is 1. The second-order valence-corrected chi connectivity index (χ2v) is 10.7. The SMILES string of the molecule is CCN(CC)C(=O)Cn1cc(/C=C2\SC(=O)N(Cc3ccc(Cl)c(Cl)c3)C2=O)c2cc(Br)ccc21. The molecule has 0 N–H and O–H groups in total. The van der Waals surface area contributed by atoms with Crippen molar-refractivity contribution in [1.82, 2.24) is 14.4 Å². The van der Waals surface area contributed by atoms with E-state index >= 15 is 0 Å². The number of carbonyl (C=O) groups excluding carboxylic acids is 3. The summed E-state index contributed by atoms with van der Waals surface area (Å²) in [7, 11) is 0. The van der Waals surface area contributed by atoms with Gasteiger partial charge >= 0.3 is 0 Å². The number of amides is 3. The molecule has 6 nitrogen and oxygen atoms in total. The Hall–Kier alpha value is -2.26. The number of imide groups is 1. The standard InChI is InChI=1S/C25H22BrCl2N3O3S/c1-3-29(4-2)23(32)14-30-13-16(18-11-17(26)6-8-21(18)30)10-22-24(33)31(25(34)35-22)12-15-5-7-19(27)20(28)9-15/h5-11,13H,3-4,12,14H2,1-2H3/b22-10-. The highest BCUT2D eigenvalue weighted by Gasteiger charge is 2.35. The minimum Gasteiger partial charge on any atom is -0.342 e. The van der Waals surface area contributed by atoms with Crippen molar-refractivity contribution in [3.8, 4) is 0 Å². The molecule has 3 amide bonds. The average Bonchev–Trinajstić information content (AvgIpc) is 3.28. The summed E-state index contributed by atoms with van der Waals surface area (Å²) in [5.41, 5.74) is 2.34. The van der Waals surface area contributed by atoms with Gasteiger partial charge in [0.2, 0.25) is 5.91 Å². The van der Waals surface area contributed by atoms with Gasteiger partial charge in [0.1, 0.15) is 6.54 Å². The predicted molar refractivity (Wildman–Crippen MR) is 146 cm³/mol. The molecule has 1 aliphatic heterocycles. The maximum atomic E-state index is 13.1. The van der Waals surface area contributed by atoms with Crippen molar-refractivity contribution >= 4 is 84.9 Å². The third kappa shape index (κ3) is 5.45.